The summed E-state index contributed by atoms with van der Waals surface area (Å²) in [5.41, 5.74) is 1.78. The van der Waals surface area contributed by atoms with E-state index in [2.05, 4.69) is 35.7 Å². The quantitative estimate of drug-likeness (QED) is 0.544. The SMILES string of the molecule is [C-]#[N+]c1cnc(Nc2cc(NCC3CCCNC3)c(CC(=O)CN(C)C)cn2)cn1. The fraction of sp³-hybridized carbons (Fsp3) is 0.476. The van der Waals surface area contributed by atoms with E-state index in [9.17, 15) is 4.79 Å². The molecule has 9 nitrogen and oxygen atoms in total. The molecule has 1 unspecified atom stereocenters. The Hall–Kier alpha value is -3.09. The van der Waals surface area contributed by atoms with Gasteiger partial charge in [-0.15, -0.1) is 4.98 Å². The number of ketones is 1. The summed E-state index contributed by atoms with van der Waals surface area (Å²) in [6.07, 6.45) is 7.36. The van der Waals surface area contributed by atoms with Gasteiger partial charge in [-0.3, -0.25) is 4.79 Å². The van der Waals surface area contributed by atoms with Gasteiger partial charge in [0.25, 0.3) is 5.82 Å². The number of carbonyl (C=O) groups is 1. The fourth-order valence-electron chi connectivity index (χ4n) is 3.41. The first-order valence-electron chi connectivity index (χ1n) is 10.1. The molecule has 0 aliphatic carbocycles. The van der Waals surface area contributed by atoms with Crippen LogP contribution in [0.3, 0.4) is 0 Å². The Morgan fingerprint density at radius 3 is 2.77 bits per heavy atom. The molecule has 1 saturated heterocycles. The van der Waals surface area contributed by atoms with E-state index >= 15 is 0 Å². The molecule has 9 heteroatoms. The highest BCUT2D eigenvalue weighted by Crippen LogP contribution is 2.23. The first-order valence-corrected chi connectivity index (χ1v) is 10.1. The third kappa shape index (κ3) is 6.47. The Morgan fingerprint density at radius 2 is 2.10 bits per heavy atom. The number of likely N-dealkylation sites (N-methyl/N-ethyl adjacent to an activating group) is 1. The van der Waals surface area contributed by atoms with Crippen LogP contribution in [0, 0.1) is 12.5 Å². The number of aromatic nitrogens is 3. The van der Waals surface area contributed by atoms with Gasteiger partial charge >= 0.3 is 0 Å². The normalized spacial score (nSPS) is 16.1. The zero-order chi connectivity index (χ0) is 21.3. The van der Waals surface area contributed by atoms with Crippen molar-refractivity contribution in [3.8, 4) is 0 Å². The molecule has 0 radical (unpaired) electrons. The highest BCUT2D eigenvalue weighted by molar-refractivity contribution is 5.84. The summed E-state index contributed by atoms with van der Waals surface area (Å²) in [6.45, 7) is 10.3. The largest absolute Gasteiger partial charge is 0.384 e. The van der Waals surface area contributed by atoms with Crippen LogP contribution in [0.15, 0.2) is 24.7 Å². The van der Waals surface area contributed by atoms with Gasteiger partial charge in [0.1, 0.15) is 5.82 Å². The zero-order valence-electron chi connectivity index (χ0n) is 17.5. The number of nitrogens with zero attached hydrogens (tertiary/aromatic N) is 5. The van der Waals surface area contributed by atoms with Crippen LogP contribution in [0.1, 0.15) is 18.4 Å². The van der Waals surface area contributed by atoms with Crippen LogP contribution in [-0.4, -0.2) is 65.9 Å². The van der Waals surface area contributed by atoms with E-state index in [1.807, 2.05) is 25.1 Å². The van der Waals surface area contributed by atoms with Crippen LogP contribution >= 0.6 is 0 Å². The minimum Gasteiger partial charge on any atom is -0.384 e. The molecule has 0 bridgehead atoms. The average Bonchev–Trinajstić information content (AvgIpc) is 2.74. The van der Waals surface area contributed by atoms with Crippen LogP contribution in [0.2, 0.25) is 0 Å². The summed E-state index contributed by atoms with van der Waals surface area (Å²) in [5.74, 6) is 2.06. The van der Waals surface area contributed by atoms with Gasteiger partial charge in [-0.1, -0.05) is 6.57 Å². The van der Waals surface area contributed by atoms with Crippen molar-refractivity contribution in [2.24, 2.45) is 5.92 Å². The lowest BCUT2D eigenvalue weighted by molar-refractivity contribution is -0.119. The molecule has 30 heavy (non-hydrogen) atoms. The zero-order valence-corrected chi connectivity index (χ0v) is 17.5. The van der Waals surface area contributed by atoms with E-state index in [0.29, 0.717) is 30.5 Å². The minimum absolute atomic E-state index is 0.144. The second-order valence-corrected chi connectivity index (χ2v) is 7.77. The molecule has 1 fully saturated rings. The van der Waals surface area contributed by atoms with Crippen molar-refractivity contribution in [2.45, 2.75) is 19.3 Å². The number of piperidine rings is 1. The first-order chi connectivity index (χ1) is 14.5. The van der Waals surface area contributed by atoms with Gasteiger partial charge in [-0.25, -0.2) is 9.97 Å². The van der Waals surface area contributed by atoms with Crippen LogP contribution in [0.5, 0.6) is 0 Å². The van der Waals surface area contributed by atoms with Gasteiger partial charge in [0.05, 0.1) is 12.7 Å². The molecule has 0 saturated carbocycles. The topological polar surface area (TPSA) is 99.4 Å². The Bertz CT molecular complexity index is 885. The van der Waals surface area contributed by atoms with Crippen LogP contribution in [0.25, 0.3) is 4.85 Å². The van der Waals surface area contributed by atoms with E-state index in [4.69, 9.17) is 6.57 Å². The van der Waals surface area contributed by atoms with E-state index in [-0.39, 0.29) is 11.6 Å². The number of rotatable bonds is 9. The molecule has 2 aromatic heterocycles. The van der Waals surface area contributed by atoms with E-state index < -0.39 is 0 Å². The first kappa shape index (κ1) is 21.6. The predicted molar refractivity (Wildman–Crippen MR) is 117 cm³/mol. The van der Waals surface area contributed by atoms with E-state index in [1.165, 1.54) is 25.2 Å². The number of anilines is 3. The highest BCUT2D eigenvalue weighted by atomic mass is 16.1. The van der Waals surface area contributed by atoms with Crippen LogP contribution in [-0.2, 0) is 11.2 Å². The summed E-state index contributed by atoms with van der Waals surface area (Å²) in [7, 11) is 3.78. The summed E-state index contributed by atoms with van der Waals surface area (Å²) >= 11 is 0. The molecule has 0 amide bonds. The highest BCUT2D eigenvalue weighted by Gasteiger charge is 2.15. The van der Waals surface area contributed by atoms with E-state index in [0.717, 1.165) is 30.9 Å². The molecule has 3 N–H and O–H groups in total. The van der Waals surface area contributed by atoms with Crippen molar-refractivity contribution in [3.63, 3.8) is 0 Å². The van der Waals surface area contributed by atoms with Gasteiger partial charge in [0, 0.05) is 36.5 Å². The number of hydrogen-bond donors (Lipinski definition) is 3. The number of nitrogens with one attached hydrogen (secondary N) is 3. The Balaban J connectivity index is 1.75. The third-order valence-corrected chi connectivity index (χ3v) is 4.86. The summed E-state index contributed by atoms with van der Waals surface area (Å²) in [4.78, 5) is 30.1. The van der Waals surface area contributed by atoms with Gasteiger partial charge in [0.15, 0.2) is 17.8 Å². The number of pyridine rings is 1. The molecule has 3 rings (SSSR count). The van der Waals surface area contributed by atoms with Gasteiger partial charge in [-0.05, 0) is 45.9 Å². The van der Waals surface area contributed by atoms with Crippen molar-refractivity contribution in [3.05, 3.63) is 41.6 Å². The molecule has 2 aromatic rings. The van der Waals surface area contributed by atoms with Crippen LogP contribution < -0.4 is 16.0 Å². The molecular weight excluding hydrogens is 380 g/mol. The second-order valence-electron chi connectivity index (χ2n) is 7.77. The predicted octanol–water partition coefficient (Wildman–Crippen LogP) is 2.25. The molecule has 1 aliphatic heterocycles. The summed E-state index contributed by atoms with van der Waals surface area (Å²) < 4.78 is 0. The Kier molecular flexibility index (Phi) is 7.65. The Labute approximate surface area is 177 Å². The Morgan fingerprint density at radius 1 is 1.27 bits per heavy atom. The molecule has 1 aliphatic rings. The maximum Gasteiger partial charge on any atom is 0.288 e. The molecule has 0 aromatic carbocycles. The van der Waals surface area contributed by atoms with Crippen molar-refractivity contribution < 1.29 is 4.79 Å². The van der Waals surface area contributed by atoms with Crippen molar-refractivity contribution in [2.75, 3.05) is 50.9 Å². The molecular formula is C21H28N8O. The standard InChI is InChI=1S/C21H28N8O/c1-22-20-12-27-21(13-26-20)28-19-8-18(24-10-15-5-4-6-23-9-15)16(11-25-19)7-17(30)14-29(2)3/h8,11-13,15,23H,4-7,9-10,14H2,2-3H3,(H2,24,25,27,28). The lowest BCUT2D eigenvalue weighted by atomic mass is 9.99. The van der Waals surface area contributed by atoms with Gasteiger partial charge in [0.2, 0.25) is 0 Å². The molecule has 1 atom stereocenters. The number of Topliss-reactive ketones (excluding diaryl/α,β-unsaturated/α-hetero) is 1. The number of hydrogen-bond acceptors (Lipinski definition) is 8. The lowest BCUT2D eigenvalue weighted by Crippen LogP contribution is -2.33. The van der Waals surface area contributed by atoms with E-state index in [1.54, 1.807) is 6.20 Å². The van der Waals surface area contributed by atoms with Gasteiger partial charge in [-0.2, -0.15) is 0 Å². The smallest absolute Gasteiger partial charge is 0.288 e. The third-order valence-electron chi connectivity index (χ3n) is 4.86. The molecule has 0 spiro atoms. The van der Waals surface area contributed by atoms with Gasteiger partial charge < -0.3 is 25.7 Å². The minimum atomic E-state index is 0.144. The van der Waals surface area contributed by atoms with Crippen molar-refractivity contribution >= 4 is 28.9 Å². The lowest BCUT2D eigenvalue weighted by Gasteiger charge is -2.24. The van der Waals surface area contributed by atoms with Crippen LogP contribution in [0.4, 0.5) is 23.1 Å². The molecule has 158 valence electrons. The fourth-order valence-corrected chi connectivity index (χ4v) is 3.41. The average molecular weight is 409 g/mol. The number of carbonyl (C=O) groups excluding carboxylic acids is 1. The monoisotopic (exact) mass is 408 g/mol. The maximum atomic E-state index is 12.4. The second kappa shape index (κ2) is 10.6. The summed E-state index contributed by atoms with van der Waals surface area (Å²) in [6, 6.07) is 1.90. The summed E-state index contributed by atoms with van der Waals surface area (Å²) in [5, 5.41) is 10.1. The molecule has 3 heterocycles. The maximum absolute atomic E-state index is 12.4. The van der Waals surface area contributed by atoms with Crippen molar-refractivity contribution in [1.29, 1.82) is 0 Å². The van der Waals surface area contributed by atoms with Crippen molar-refractivity contribution in [1.82, 2.24) is 25.2 Å².